The highest BCUT2D eigenvalue weighted by Gasteiger charge is 2.65. The van der Waals surface area contributed by atoms with E-state index in [1.165, 1.54) is 19.3 Å². The normalized spacial score (nSPS) is 37.1. The van der Waals surface area contributed by atoms with Crippen LogP contribution in [0.25, 0.3) is 0 Å². The van der Waals surface area contributed by atoms with Gasteiger partial charge in [-0.15, -0.1) is 0 Å². The largest absolute Gasteiger partial charge is 0.475 e. The van der Waals surface area contributed by atoms with Gasteiger partial charge in [-0.05, 0) is 63.7 Å². The summed E-state index contributed by atoms with van der Waals surface area (Å²) in [5.74, 6) is 5.17. The minimum Gasteiger partial charge on any atom is -0.475 e. The molecule has 0 saturated heterocycles. The van der Waals surface area contributed by atoms with Crippen LogP contribution < -0.4 is 10.1 Å². The molecule has 3 aliphatic carbocycles. The number of hydrogen-bond donors (Lipinski definition) is 1. The van der Waals surface area contributed by atoms with Gasteiger partial charge in [-0.25, -0.2) is 4.98 Å². The van der Waals surface area contributed by atoms with Gasteiger partial charge in [0.05, 0.1) is 6.10 Å². The highest BCUT2D eigenvalue weighted by atomic mass is 16.5. The number of aryl methyl sites for hydroxylation is 1. The zero-order valence-corrected chi connectivity index (χ0v) is 12.5. The molecule has 3 aliphatic rings. The smallest absolute Gasteiger partial charge is 0.226 e. The van der Waals surface area contributed by atoms with E-state index in [2.05, 4.69) is 15.3 Å². The van der Waals surface area contributed by atoms with Crippen LogP contribution in [0.4, 0.5) is 5.95 Å². The summed E-state index contributed by atoms with van der Waals surface area (Å²) in [7, 11) is 0. The lowest BCUT2D eigenvalue weighted by molar-refractivity contribution is 0.232. The van der Waals surface area contributed by atoms with Crippen molar-refractivity contribution in [1.29, 1.82) is 0 Å². The zero-order valence-electron chi connectivity index (χ0n) is 12.5. The minimum absolute atomic E-state index is 0.147. The first-order valence-corrected chi connectivity index (χ1v) is 7.90. The van der Waals surface area contributed by atoms with Crippen LogP contribution in [0.3, 0.4) is 0 Å². The molecule has 4 nitrogen and oxygen atoms in total. The van der Waals surface area contributed by atoms with Gasteiger partial charge in [0.2, 0.25) is 11.8 Å². The average molecular weight is 273 g/mol. The van der Waals surface area contributed by atoms with Gasteiger partial charge in [0.15, 0.2) is 0 Å². The summed E-state index contributed by atoms with van der Waals surface area (Å²) in [6.45, 7) is 6.04. The molecule has 1 aromatic heterocycles. The number of nitrogens with zero attached hydrogens (tertiary/aromatic N) is 2. The summed E-state index contributed by atoms with van der Waals surface area (Å²) in [6.07, 6.45) is 4.51. The van der Waals surface area contributed by atoms with Crippen LogP contribution in [0.5, 0.6) is 5.88 Å². The lowest BCUT2D eigenvalue weighted by Gasteiger charge is -2.13. The van der Waals surface area contributed by atoms with Crippen molar-refractivity contribution in [3.8, 4) is 5.88 Å². The van der Waals surface area contributed by atoms with Gasteiger partial charge in [-0.1, -0.05) is 0 Å². The minimum atomic E-state index is 0.147. The second kappa shape index (κ2) is 4.34. The van der Waals surface area contributed by atoms with Crippen LogP contribution in [0.2, 0.25) is 0 Å². The topological polar surface area (TPSA) is 47.0 Å². The maximum absolute atomic E-state index is 5.70. The van der Waals surface area contributed by atoms with E-state index in [9.17, 15) is 0 Å². The number of aromatic nitrogens is 2. The Morgan fingerprint density at radius 2 is 1.90 bits per heavy atom. The van der Waals surface area contributed by atoms with E-state index < -0.39 is 0 Å². The van der Waals surface area contributed by atoms with E-state index in [1.807, 2.05) is 26.8 Å². The van der Waals surface area contributed by atoms with Gasteiger partial charge < -0.3 is 10.1 Å². The Bertz CT molecular complexity index is 514. The lowest BCUT2D eigenvalue weighted by Crippen LogP contribution is -2.16. The molecule has 0 amide bonds. The molecule has 1 aromatic rings. The summed E-state index contributed by atoms with van der Waals surface area (Å²) in [4.78, 5) is 9.02. The van der Waals surface area contributed by atoms with Gasteiger partial charge in [0.25, 0.3) is 0 Å². The molecule has 4 unspecified atom stereocenters. The third kappa shape index (κ3) is 1.97. The number of anilines is 1. The summed E-state index contributed by atoms with van der Waals surface area (Å²) < 4.78 is 5.70. The van der Waals surface area contributed by atoms with Crippen molar-refractivity contribution in [2.75, 3.05) is 5.32 Å². The molecule has 0 aromatic carbocycles. The maximum atomic E-state index is 5.70. The first-order chi connectivity index (χ1) is 9.61. The standard InChI is InChI=1S/C16H23N3O/c1-8(2)20-12-6-9(3)17-16(18-12)19-15-13-10-4-5-11(7-10)14(13)15/h6,8,10-11,13-15H,4-5,7H2,1-3H3,(H,17,18,19). The van der Waals surface area contributed by atoms with E-state index in [1.54, 1.807) is 0 Å². The van der Waals surface area contributed by atoms with E-state index in [-0.39, 0.29) is 6.10 Å². The fraction of sp³-hybridized carbons (Fsp3) is 0.750. The number of ether oxygens (including phenoxy) is 1. The Labute approximate surface area is 120 Å². The van der Waals surface area contributed by atoms with Crippen molar-refractivity contribution in [3.63, 3.8) is 0 Å². The van der Waals surface area contributed by atoms with Crippen molar-refractivity contribution in [3.05, 3.63) is 11.8 Å². The third-order valence-electron chi connectivity index (χ3n) is 5.22. The molecule has 2 bridgehead atoms. The molecule has 1 N–H and O–H groups in total. The molecule has 4 rings (SSSR count). The van der Waals surface area contributed by atoms with Crippen LogP contribution >= 0.6 is 0 Å². The van der Waals surface area contributed by atoms with Crippen molar-refractivity contribution in [2.45, 2.75) is 52.2 Å². The molecule has 0 spiro atoms. The quantitative estimate of drug-likeness (QED) is 0.916. The Kier molecular flexibility index (Phi) is 2.69. The average Bonchev–Trinajstić information content (AvgIpc) is 2.77. The molecular formula is C16H23N3O. The van der Waals surface area contributed by atoms with Crippen molar-refractivity contribution < 1.29 is 4.74 Å². The first kappa shape index (κ1) is 12.4. The lowest BCUT2D eigenvalue weighted by atomic mass is 10.0. The molecule has 108 valence electrons. The van der Waals surface area contributed by atoms with Crippen molar-refractivity contribution >= 4 is 5.95 Å². The molecular weight excluding hydrogens is 250 g/mol. The van der Waals surface area contributed by atoms with Gasteiger partial charge in [-0.2, -0.15) is 4.98 Å². The number of rotatable bonds is 4. The van der Waals surface area contributed by atoms with Crippen molar-refractivity contribution in [2.24, 2.45) is 23.7 Å². The van der Waals surface area contributed by atoms with E-state index >= 15 is 0 Å². The molecule has 0 aliphatic heterocycles. The summed E-state index contributed by atoms with van der Waals surface area (Å²) >= 11 is 0. The van der Waals surface area contributed by atoms with Gasteiger partial charge >= 0.3 is 0 Å². The highest BCUT2D eigenvalue weighted by Crippen LogP contribution is 2.66. The summed E-state index contributed by atoms with van der Waals surface area (Å²) in [6, 6.07) is 2.53. The maximum Gasteiger partial charge on any atom is 0.226 e. The highest BCUT2D eigenvalue weighted by molar-refractivity contribution is 5.37. The van der Waals surface area contributed by atoms with Crippen LogP contribution in [0.15, 0.2) is 6.07 Å². The van der Waals surface area contributed by atoms with E-state index in [4.69, 9.17) is 4.74 Å². The Morgan fingerprint density at radius 3 is 2.55 bits per heavy atom. The van der Waals surface area contributed by atoms with E-state index in [0.717, 1.165) is 35.3 Å². The zero-order chi connectivity index (χ0) is 13.9. The molecule has 4 heteroatoms. The summed E-state index contributed by atoms with van der Waals surface area (Å²) in [5, 5.41) is 3.57. The number of fused-ring (bicyclic) bond motifs is 5. The predicted molar refractivity (Wildman–Crippen MR) is 77.8 cm³/mol. The van der Waals surface area contributed by atoms with Crippen LogP contribution in [0, 0.1) is 30.6 Å². The predicted octanol–water partition coefficient (Wildman–Crippen LogP) is 3.03. The molecule has 3 fully saturated rings. The molecule has 1 heterocycles. The van der Waals surface area contributed by atoms with Gasteiger partial charge in [0, 0.05) is 17.8 Å². The Morgan fingerprint density at radius 1 is 1.20 bits per heavy atom. The first-order valence-electron chi connectivity index (χ1n) is 7.90. The fourth-order valence-electron chi connectivity index (χ4n) is 4.57. The summed E-state index contributed by atoms with van der Waals surface area (Å²) in [5.41, 5.74) is 0.965. The Hall–Kier alpha value is -1.32. The van der Waals surface area contributed by atoms with Crippen LogP contribution in [0.1, 0.15) is 38.8 Å². The Balaban J connectivity index is 1.48. The number of nitrogens with one attached hydrogen (secondary N) is 1. The molecule has 4 atom stereocenters. The van der Waals surface area contributed by atoms with Crippen LogP contribution in [-0.4, -0.2) is 22.1 Å². The molecule has 3 saturated carbocycles. The van der Waals surface area contributed by atoms with Gasteiger partial charge in [0.1, 0.15) is 0 Å². The number of hydrogen-bond acceptors (Lipinski definition) is 4. The third-order valence-corrected chi connectivity index (χ3v) is 5.22. The monoisotopic (exact) mass is 273 g/mol. The SMILES string of the molecule is Cc1cc(OC(C)C)nc(NC2C3C4CCC(C4)C23)n1. The fourth-order valence-corrected chi connectivity index (χ4v) is 4.57. The van der Waals surface area contributed by atoms with Crippen molar-refractivity contribution in [1.82, 2.24) is 9.97 Å². The van der Waals surface area contributed by atoms with E-state index in [0.29, 0.717) is 11.9 Å². The molecule has 20 heavy (non-hydrogen) atoms. The molecule has 0 radical (unpaired) electrons. The second-order valence-electron chi connectivity index (χ2n) is 7.00. The van der Waals surface area contributed by atoms with Gasteiger partial charge in [-0.3, -0.25) is 0 Å². The second-order valence-corrected chi connectivity index (χ2v) is 7.00. The van der Waals surface area contributed by atoms with Crippen LogP contribution in [-0.2, 0) is 0 Å².